The lowest BCUT2D eigenvalue weighted by Gasteiger charge is -2.16. The molecule has 74 valence electrons. The van der Waals surface area contributed by atoms with Gasteiger partial charge >= 0.3 is 0 Å². The molecule has 0 spiro atoms. The zero-order valence-electron chi connectivity index (χ0n) is 8.16. The number of hydrogen-bond acceptors (Lipinski definition) is 3. The number of nitrogens with one attached hydrogen (secondary N) is 1. The van der Waals surface area contributed by atoms with Crippen molar-refractivity contribution in [1.82, 2.24) is 5.32 Å². The molecule has 0 fully saturated rings. The van der Waals surface area contributed by atoms with E-state index >= 15 is 0 Å². The minimum absolute atomic E-state index is 0.269. The number of hydrogen-bond donors (Lipinski definition) is 2. The predicted octanol–water partition coefficient (Wildman–Crippen LogP) is 2.17. The highest BCUT2D eigenvalue weighted by Gasteiger charge is 2.09. The Morgan fingerprint density at radius 1 is 1.62 bits per heavy atom. The first-order valence-electron chi connectivity index (χ1n) is 4.69. The van der Waals surface area contributed by atoms with Gasteiger partial charge in [-0.25, -0.2) is 0 Å². The van der Waals surface area contributed by atoms with Crippen molar-refractivity contribution < 1.29 is 5.11 Å². The van der Waals surface area contributed by atoms with Gasteiger partial charge in [0.05, 0.1) is 6.10 Å². The molecule has 2 atom stereocenters. The summed E-state index contributed by atoms with van der Waals surface area (Å²) in [6, 6.07) is 4.59. The van der Waals surface area contributed by atoms with Gasteiger partial charge in [0.25, 0.3) is 0 Å². The molecular weight excluding hydrogens is 182 g/mol. The third kappa shape index (κ3) is 3.46. The molecule has 1 rings (SSSR count). The molecule has 0 aliphatic heterocycles. The Balaban J connectivity index is 2.44. The second-order valence-electron chi connectivity index (χ2n) is 3.23. The first-order chi connectivity index (χ1) is 6.24. The topological polar surface area (TPSA) is 32.3 Å². The van der Waals surface area contributed by atoms with E-state index in [1.165, 1.54) is 4.88 Å². The fourth-order valence-corrected chi connectivity index (χ4v) is 2.13. The molecule has 1 aromatic heterocycles. The molecule has 0 radical (unpaired) electrons. The summed E-state index contributed by atoms with van der Waals surface area (Å²) in [7, 11) is 0. The largest absolute Gasteiger partial charge is 0.392 e. The van der Waals surface area contributed by atoms with Crippen LogP contribution in [-0.2, 0) is 0 Å². The summed E-state index contributed by atoms with van der Waals surface area (Å²) in [4.78, 5) is 1.35. The Kier molecular flexibility index (Phi) is 4.42. The minimum Gasteiger partial charge on any atom is -0.392 e. The van der Waals surface area contributed by atoms with Crippen LogP contribution in [0.4, 0.5) is 0 Å². The molecule has 2 N–H and O–H groups in total. The normalized spacial score (nSPS) is 15.6. The van der Waals surface area contributed by atoms with E-state index in [0.717, 1.165) is 6.42 Å². The molecule has 0 amide bonds. The lowest BCUT2D eigenvalue weighted by Crippen LogP contribution is -2.27. The lowest BCUT2D eigenvalue weighted by molar-refractivity contribution is 0.186. The van der Waals surface area contributed by atoms with Crippen molar-refractivity contribution in [3.8, 4) is 0 Å². The maximum Gasteiger partial charge on any atom is 0.0636 e. The molecule has 1 aromatic rings. The van der Waals surface area contributed by atoms with Crippen molar-refractivity contribution in [1.29, 1.82) is 0 Å². The minimum atomic E-state index is -0.269. The van der Waals surface area contributed by atoms with Crippen molar-refractivity contribution in [3.05, 3.63) is 22.4 Å². The number of aliphatic hydroxyl groups is 1. The Morgan fingerprint density at radius 3 is 2.85 bits per heavy atom. The first kappa shape index (κ1) is 10.7. The summed E-state index contributed by atoms with van der Waals surface area (Å²) >= 11 is 1.76. The second-order valence-corrected chi connectivity index (χ2v) is 4.21. The van der Waals surface area contributed by atoms with E-state index in [0.29, 0.717) is 12.6 Å². The fraction of sp³-hybridized carbons (Fsp3) is 0.600. The highest BCUT2D eigenvalue weighted by Crippen LogP contribution is 2.21. The number of thiophene rings is 1. The van der Waals surface area contributed by atoms with Gasteiger partial charge in [0, 0.05) is 17.5 Å². The first-order valence-corrected chi connectivity index (χ1v) is 5.56. The van der Waals surface area contributed by atoms with E-state index in [-0.39, 0.29) is 6.10 Å². The third-order valence-electron chi connectivity index (χ3n) is 1.95. The second kappa shape index (κ2) is 5.37. The predicted molar refractivity (Wildman–Crippen MR) is 57.0 cm³/mol. The van der Waals surface area contributed by atoms with Gasteiger partial charge in [-0.3, -0.25) is 0 Å². The molecule has 0 saturated carbocycles. The maximum absolute atomic E-state index is 9.14. The molecule has 1 unspecified atom stereocenters. The van der Waals surface area contributed by atoms with Crippen molar-refractivity contribution in [2.45, 2.75) is 32.4 Å². The van der Waals surface area contributed by atoms with Gasteiger partial charge in [-0.1, -0.05) is 13.0 Å². The van der Waals surface area contributed by atoms with Gasteiger partial charge in [-0.2, -0.15) is 0 Å². The van der Waals surface area contributed by atoms with Gasteiger partial charge in [-0.05, 0) is 24.8 Å². The van der Waals surface area contributed by atoms with Crippen LogP contribution in [0.2, 0.25) is 0 Å². The highest BCUT2D eigenvalue weighted by molar-refractivity contribution is 7.10. The summed E-state index contributed by atoms with van der Waals surface area (Å²) in [5.74, 6) is 0. The zero-order chi connectivity index (χ0) is 9.68. The van der Waals surface area contributed by atoms with E-state index in [4.69, 9.17) is 5.11 Å². The van der Waals surface area contributed by atoms with Crippen LogP contribution in [0, 0.1) is 0 Å². The quantitative estimate of drug-likeness (QED) is 0.761. The van der Waals surface area contributed by atoms with Gasteiger partial charge in [0.15, 0.2) is 0 Å². The SMILES string of the molecule is CCC(NC[C@H](C)O)c1cccs1. The summed E-state index contributed by atoms with van der Waals surface area (Å²) in [6.07, 6.45) is 0.793. The van der Waals surface area contributed by atoms with E-state index in [2.05, 4.69) is 29.8 Å². The molecule has 0 saturated heterocycles. The maximum atomic E-state index is 9.14. The average molecular weight is 199 g/mol. The average Bonchev–Trinajstić information content (AvgIpc) is 2.58. The van der Waals surface area contributed by atoms with Gasteiger partial charge in [0.1, 0.15) is 0 Å². The molecule has 0 bridgehead atoms. The van der Waals surface area contributed by atoms with Crippen LogP contribution < -0.4 is 5.32 Å². The molecule has 13 heavy (non-hydrogen) atoms. The third-order valence-corrected chi connectivity index (χ3v) is 2.94. The monoisotopic (exact) mass is 199 g/mol. The smallest absolute Gasteiger partial charge is 0.0636 e. The Morgan fingerprint density at radius 2 is 2.38 bits per heavy atom. The molecular formula is C10H17NOS. The van der Waals surface area contributed by atoms with Crippen LogP contribution in [0.3, 0.4) is 0 Å². The number of aliphatic hydroxyl groups excluding tert-OH is 1. The lowest BCUT2D eigenvalue weighted by atomic mass is 10.2. The van der Waals surface area contributed by atoms with Gasteiger partial charge < -0.3 is 10.4 Å². The standard InChI is InChI=1S/C10H17NOS/c1-3-9(11-7-8(2)12)10-5-4-6-13-10/h4-6,8-9,11-12H,3,7H2,1-2H3/t8-,9?/m0/s1. The summed E-state index contributed by atoms with van der Waals surface area (Å²) in [5, 5.41) is 14.6. The van der Waals surface area contributed by atoms with Crippen LogP contribution in [0.1, 0.15) is 31.2 Å². The van der Waals surface area contributed by atoms with Crippen LogP contribution in [0.25, 0.3) is 0 Å². The Labute approximate surface area is 83.6 Å². The van der Waals surface area contributed by atoms with E-state index in [1.807, 2.05) is 0 Å². The highest BCUT2D eigenvalue weighted by atomic mass is 32.1. The summed E-state index contributed by atoms with van der Waals surface area (Å²) in [5.41, 5.74) is 0. The van der Waals surface area contributed by atoms with Crippen molar-refractivity contribution in [2.24, 2.45) is 0 Å². The van der Waals surface area contributed by atoms with Crippen molar-refractivity contribution in [3.63, 3.8) is 0 Å². The fourth-order valence-electron chi connectivity index (χ4n) is 1.25. The van der Waals surface area contributed by atoms with E-state index in [9.17, 15) is 0 Å². The van der Waals surface area contributed by atoms with Crippen molar-refractivity contribution in [2.75, 3.05) is 6.54 Å². The molecule has 0 aliphatic carbocycles. The molecule has 3 heteroatoms. The summed E-state index contributed by atoms with van der Waals surface area (Å²) in [6.45, 7) is 4.62. The van der Waals surface area contributed by atoms with Gasteiger partial charge in [-0.15, -0.1) is 11.3 Å². The molecule has 1 heterocycles. The number of rotatable bonds is 5. The Bertz CT molecular complexity index is 221. The Hall–Kier alpha value is -0.380. The molecule has 0 aromatic carbocycles. The van der Waals surface area contributed by atoms with Crippen LogP contribution in [0.15, 0.2) is 17.5 Å². The molecule has 0 aliphatic rings. The zero-order valence-corrected chi connectivity index (χ0v) is 8.97. The van der Waals surface area contributed by atoms with Crippen LogP contribution >= 0.6 is 11.3 Å². The van der Waals surface area contributed by atoms with E-state index < -0.39 is 0 Å². The molecule has 2 nitrogen and oxygen atoms in total. The van der Waals surface area contributed by atoms with Crippen LogP contribution in [0.5, 0.6) is 0 Å². The van der Waals surface area contributed by atoms with Crippen molar-refractivity contribution >= 4 is 11.3 Å². The summed E-state index contributed by atoms with van der Waals surface area (Å²) < 4.78 is 0. The van der Waals surface area contributed by atoms with Crippen LogP contribution in [-0.4, -0.2) is 17.8 Å². The van der Waals surface area contributed by atoms with E-state index in [1.54, 1.807) is 18.3 Å². The van der Waals surface area contributed by atoms with Gasteiger partial charge in [0.2, 0.25) is 0 Å².